The van der Waals surface area contributed by atoms with Crippen LogP contribution in [-0.2, 0) is 11.3 Å². The van der Waals surface area contributed by atoms with Crippen LogP contribution in [0.25, 0.3) is 0 Å². The molecule has 2 aromatic rings. The smallest absolute Gasteiger partial charge is 0.242 e. The highest BCUT2D eigenvalue weighted by molar-refractivity contribution is 5.93. The summed E-state index contributed by atoms with van der Waals surface area (Å²) in [5.41, 5.74) is 1.11. The first-order valence-electron chi connectivity index (χ1n) is 7.07. The topological polar surface area (TPSA) is 67.6 Å². The van der Waals surface area contributed by atoms with Crippen LogP contribution < -0.4 is 10.1 Å². The molecule has 1 aromatic heterocycles. The Balaban J connectivity index is 1.92. The van der Waals surface area contributed by atoms with Crippen molar-refractivity contribution < 1.29 is 14.1 Å². The van der Waals surface area contributed by atoms with Gasteiger partial charge < -0.3 is 14.6 Å². The van der Waals surface area contributed by atoms with Crippen molar-refractivity contribution in [3.63, 3.8) is 0 Å². The molecule has 1 amide bonds. The highest BCUT2D eigenvalue weighted by Gasteiger charge is 2.19. The fourth-order valence-electron chi connectivity index (χ4n) is 2.01. The van der Waals surface area contributed by atoms with Crippen molar-refractivity contribution in [1.82, 2.24) is 10.1 Å². The Bertz CT molecular complexity index is 622. The van der Waals surface area contributed by atoms with E-state index in [0.717, 1.165) is 11.3 Å². The molecule has 0 fully saturated rings. The van der Waals surface area contributed by atoms with E-state index in [9.17, 15) is 4.79 Å². The molecule has 0 unspecified atom stereocenters. The summed E-state index contributed by atoms with van der Waals surface area (Å²) in [6.07, 6.45) is 0. The predicted molar refractivity (Wildman–Crippen MR) is 83.8 cm³/mol. The molecule has 1 atom stereocenters. The molecule has 0 bridgehead atoms. The molecule has 6 heteroatoms. The number of nitrogens with zero attached hydrogens (tertiary/aromatic N) is 2. The van der Waals surface area contributed by atoms with Gasteiger partial charge in [0.2, 0.25) is 5.91 Å². The average molecular weight is 303 g/mol. The first kappa shape index (κ1) is 16.0. The maximum Gasteiger partial charge on any atom is 0.242 e. The van der Waals surface area contributed by atoms with Crippen LogP contribution in [0.3, 0.4) is 0 Å². The molecule has 1 N–H and O–H groups in total. The van der Waals surface area contributed by atoms with Crippen molar-refractivity contribution >= 4 is 11.7 Å². The van der Waals surface area contributed by atoms with E-state index >= 15 is 0 Å². The minimum absolute atomic E-state index is 0.121. The molecule has 1 heterocycles. The van der Waals surface area contributed by atoms with E-state index in [1.807, 2.05) is 43.1 Å². The average Bonchev–Trinajstić information content (AvgIpc) is 2.92. The first-order valence-corrected chi connectivity index (χ1v) is 7.07. The van der Waals surface area contributed by atoms with Crippen LogP contribution in [0.1, 0.15) is 18.2 Å². The molecule has 0 aliphatic carbocycles. The number of nitrogens with one attached hydrogen (secondary N) is 1. The number of hydrogen-bond acceptors (Lipinski definition) is 5. The van der Waals surface area contributed by atoms with Crippen molar-refractivity contribution in [3.8, 4) is 5.75 Å². The summed E-state index contributed by atoms with van der Waals surface area (Å²) >= 11 is 0. The van der Waals surface area contributed by atoms with Gasteiger partial charge in [0.05, 0.1) is 13.2 Å². The largest absolute Gasteiger partial charge is 0.497 e. The summed E-state index contributed by atoms with van der Waals surface area (Å²) in [5, 5.41) is 6.50. The van der Waals surface area contributed by atoms with E-state index in [1.54, 1.807) is 20.1 Å². The molecule has 1 aromatic carbocycles. The number of hydrogen-bond donors (Lipinski definition) is 1. The van der Waals surface area contributed by atoms with Crippen molar-refractivity contribution in [1.29, 1.82) is 0 Å². The third-order valence-electron chi connectivity index (χ3n) is 3.51. The van der Waals surface area contributed by atoms with Gasteiger partial charge in [0.15, 0.2) is 5.82 Å². The Labute approximate surface area is 130 Å². The first-order chi connectivity index (χ1) is 10.5. The van der Waals surface area contributed by atoms with Gasteiger partial charge in [-0.15, -0.1) is 0 Å². The standard InChI is InChI=1S/C16H21N3O3/c1-11-9-15(18-22-11)17-16(20)12(2)19(3)10-13-5-7-14(21-4)8-6-13/h5-9,12H,10H2,1-4H3,(H,17,18,20)/t12-/m0/s1. The quantitative estimate of drug-likeness (QED) is 0.888. The van der Waals surface area contributed by atoms with Gasteiger partial charge in [0.25, 0.3) is 0 Å². The summed E-state index contributed by atoms with van der Waals surface area (Å²) in [7, 11) is 3.54. The van der Waals surface area contributed by atoms with Crippen LogP contribution in [0.15, 0.2) is 34.9 Å². The summed E-state index contributed by atoms with van der Waals surface area (Å²) in [5.74, 6) is 1.80. The van der Waals surface area contributed by atoms with Gasteiger partial charge in [-0.05, 0) is 38.6 Å². The normalized spacial score (nSPS) is 12.2. The van der Waals surface area contributed by atoms with Crippen LogP contribution in [0.2, 0.25) is 0 Å². The lowest BCUT2D eigenvalue weighted by atomic mass is 10.2. The van der Waals surface area contributed by atoms with E-state index in [0.29, 0.717) is 18.1 Å². The SMILES string of the molecule is COc1ccc(CN(C)[C@@H](C)C(=O)Nc2cc(C)on2)cc1. The molecular weight excluding hydrogens is 282 g/mol. The highest BCUT2D eigenvalue weighted by Crippen LogP contribution is 2.14. The van der Waals surface area contributed by atoms with Crippen molar-refractivity contribution in [3.05, 3.63) is 41.7 Å². The van der Waals surface area contributed by atoms with Crippen molar-refractivity contribution in [2.75, 3.05) is 19.5 Å². The minimum atomic E-state index is -0.292. The number of rotatable bonds is 6. The maximum absolute atomic E-state index is 12.2. The summed E-state index contributed by atoms with van der Waals surface area (Å²) in [4.78, 5) is 14.2. The van der Waals surface area contributed by atoms with Crippen LogP contribution in [-0.4, -0.2) is 36.2 Å². The number of methoxy groups -OCH3 is 1. The second-order valence-corrected chi connectivity index (χ2v) is 5.25. The van der Waals surface area contributed by atoms with Crippen LogP contribution in [0, 0.1) is 6.92 Å². The Morgan fingerprint density at radius 2 is 2.09 bits per heavy atom. The zero-order chi connectivity index (χ0) is 16.1. The fourth-order valence-corrected chi connectivity index (χ4v) is 2.01. The van der Waals surface area contributed by atoms with Crippen molar-refractivity contribution in [2.24, 2.45) is 0 Å². The zero-order valence-electron chi connectivity index (χ0n) is 13.3. The van der Waals surface area contributed by atoms with Gasteiger partial charge in [-0.25, -0.2) is 0 Å². The lowest BCUT2D eigenvalue weighted by Gasteiger charge is -2.23. The number of ether oxygens (including phenoxy) is 1. The minimum Gasteiger partial charge on any atom is -0.497 e. The van der Waals surface area contributed by atoms with Crippen molar-refractivity contribution in [2.45, 2.75) is 26.4 Å². The van der Waals surface area contributed by atoms with E-state index in [1.165, 1.54) is 0 Å². The summed E-state index contributed by atoms with van der Waals surface area (Å²) in [6, 6.07) is 9.19. The number of anilines is 1. The highest BCUT2D eigenvalue weighted by atomic mass is 16.5. The number of aromatic nitrogens is 1. The molecule has 0 spiro atoms. The van der Waals surface area contributed by atoms with Crippen LogP contribution >= 0.6 is 0 Å². The third kappa shape index (κ3) is 4.08. The molecule has 0 saturated heterocycles. The third-order valence-corrected chi connectivity index (χ3v) is 3.51. The number of benzene rings is 1. The number of aryl methyl sites for hydroxylation is 1. The summed E-state index contributed by atoms with van der Waals surface area (Å²) in [6.45, 7) is 4.30. The Morgan fingerprint density at radius 1 is 1.41 bits per heavy atom. The Morgan fingerprint density at radius 3 is 2.64 bits per heavy atom. The van der Waals surface area contributed by atoms with Gasteiger partial charge >= 0.3 is 0 Å². The number of carbonyl (C=O) groups is 1. The lowest BCUT2D eigenvalue weighted by molar-refractivity contribution is -0.120. The molecule has 118 valence electrons. The fraction of sp³-hybridized carbons (Fsp3) is 0.375. The molecule has 0 aliphatic heterocycles. The molecule has 0 aliphatic rings. The lowest BCUT2D eigenvalue weighted by Crippen LogP contribution is -2.39. The van der Waals surface area contributed by atoms with Gasteiger partial charge in [-0.2, -0.15) is 0 Å². The molecule has 0 radical (unpaired) electrons. The molecule has 0 saturated carbocycles. The van der Waals surface area contributed by atoms with Gasteiger partial charge in [0.1, 0.15) is 11.5 Å². The second-order valence-electron chi connectivity index (χ2n) is 5.25. The monoisotopic (exact) mass is 303 g/mol. The summed E-state index contributed by atoms with van der Waals surface area (Å²) < 4.78 is 10.1. The second kappa shape index (κ2) is 7.09. The van der Waals surface area contributed by atoms with Gasteiger partial charge in [-0.1, -0.05) is 17.3 Å². The van der Waals surface area contributed by atoms with Crippen LogP contribution in [0.4, 0.5) is 5.82 Å². The zero-order valence-corrected chi connectivity index (χ0v) is 13.3. The predicted octanol–water partition coefficient (Wildman–Crippen LogP) is 2.45. The van der Waals surface area contributed by atoms with E-state index in [-0.39, 0.29) is 11.9 Å². The maximum atomic E-state index is 12.2. The number of likely N-dealkylation sites (N-methyl/N-ethyl adjacent to an activating group) is 1. The van der Waals surface area contributed by atoms with E-state index in [4.69, 9.17) is 9.26 Å². The molecule has 6 nitrogen and oxygen atoms in total. The Kier molecular flexibility index (Phi) is 5.16. The number of carbonyl (C=O) groups excluding carboxylic acids is 1. The van der Waals surface area contributed by atoms with E-state index in [2.05, 4.69) is 10.5 Å². The van der Waals surface area contributed by atoms with Gasteiger partial charge in [0, 0.05) is 12.6 Å². The Hall–Kier alpha value is -2.34. The number of amides is 1. The van der Waals surface area contributed by atoms with E-state index < -0.39 is 0 Å². The molecule has 2 rings (SSSR count). The van der Waals surface area contributed by atoms with Crippen LogP contribution in [0.5, 0.6) is 5.75 Å². The molecule has 22 heavy (non-hydrogen) atoms. The van der Waals surface area contributed by atoms with Gasteiger partial charge in [-0.3, -0.25) is 9.69 Å². The molecular formula is C16H21N3O3.